The number of rotatable bonds is 3. The molecule has 2 aromatic rings. The Morgan fingerprint density at radius 3 is 2.63 bits per heavy atom. The molecule has 1 aliphatic carbocycles. The quantitative estimate of drug-likeness (QED) is 0.799. The number of phenols is 1. The van der Waals surface area contributed by atoms with Crippen LogP contribution in [-0.2, 0) is 10.9 Å². The first-order chi connectivity index (χ1) is 12.7. The maximum Gasteiger partial charge on any atom is 0.416 e. The van der Waals surface area contributed by atoms with E-state index < -0.39 is 17.5 Å². The lowest BCUT2D eigenvalue weighted by atomic mass is 9.79. The van der Waals surface area contributed by atoms with Crippen molar-refractivity contribution in [3.63, 3.8) is 0 Å². The highest BCUT2D eigenvalue weighted by Gasteiger charge is 2.51. The van der Waals surface area contributed by atoms with Crippen molar-refractivity contribution >= 4 is 12.0 Å². The number of nitrogen functional groups attached to an aromatic ring is 1. The van der Waals surface area contributed by atoms with Gasteiger partial charge in [0.05, 0.1) is 29.5 Å². The van der Waals surface area contributed by atoms with Crippen molar-refractivity contribution in [1.82, 2.24) is 4.98 Å². The van der Waals surface area contributed by atoms with Gasteiger partial charge in [-0.05, 0) is 36.8 Å². The SMILES string of the molecule is Cc1cc(C(F)(F)F)cc(O)c1-c1ccc(C=NC23COC(C2)C3)c(N)n1. The van der Waals surface area contributed by atoms with Crippen LogP contribution in [0.3, 0.4) is 0 Å². The van der Waals surface area contributed by atoms with Crippen molar-refractivity contribution in [1.29, 1.82) is 0 Å². The zero-order valence-corrected chi connectivity index (χ0v) is 14.5. The topological polar surface area (TPSA) is 80.7 Å². The maximum atomic E-state index is 12.9. The predicted molar refractivity (Wildman–Crippen MR) is 94.8 cm³/mol. The molecule has 3 aliphatic rings. The Morgan fingerprint density at radius 1 is 1.33 bits per heavy atom. The van der Waals surface area contributed by atoms with Gasteiger partial charge in [-0.3, -0.25) is 4.99 Å². The lowest BCUT2D eigenvalue weighted by Crippen LogP contribution is -2.37. The summed E-state index contributed by atoms with van der Waals surface area (Å²) in [5.41, 5.74) is 6.35. The second-order valence-electron chi connectivity index (χ2n) is 7.18. The molecule has 2 bridgehead atoms. The number of aromatic hydroxyl groups is 1. The number of benzene rings is 1. The molecular formula is C19H18F3N3O2. The van der Waals surface area contributed by atoms with E-state index in [0.29, 0.717) is 30.0 Å². The van der Waals surface area contributed by atoms with Gasteiger partial charge in [-0.15, -0.1) is 0 Å². The van der Waals surface area contributed by atoms with Crippen LogP contribution >= 0.6 is 0 Å². The smallest absolute Gasteiger partial charge is 0.416 e. The molecule has 2 aliphatic heterocycles. The van der Waals surface area contributed by atoms with Gasteiger partial charge in [0.15, 0.2) is 0 Å². The average Bonchev–Trinajstić information content (AvgIpc) is 3.13. The van der Waals surface area contributed by atoms with Crippen molar-refractivity contribution in [2.45, 2.75) is 37.6 Å². The molecule has 5 nitrogen and oxygen atoms in total. The second-order valence-corrected chi connectivity index (χ2v) is 7.18. The molecule has 0 atom stereocenters. The highest BCUT2D eigenvalue weighted by atomic mass is 19.4. The second kappa shape index (κ2) is 5.95. The number of hydrogen-bond donors (Lipinski definition) is 2. The molecule has 2 saturated heterocycles. The van der Waals surface area contributed by atoms with Gasteiger partial charge in [-0.25, -0.2) is 4.98 Å². The molecule has 3 N–H and O–H groups in total. The number of aryl methyl sites for hydroxylation is 1. The van der Waals surface area contributed by atoms with Crippen LogP contribution in [-0.4, -0.2) is 34.6 Å². The third-order valence-electron chi connectivity index (χ3n) is 5.14. The molecule has 0 unspecified atom stereocenters. The van der Waals surface area contributed by atoms with Crippen molar-refractivity contribution in [3.8, 4) is 17.0 Å². The van der Waals surface area contributed by atoms with Crippen molar-refractivity contribution in [3.05, 3.63) is 41.0 Å². The molecule has 5 rings (SSSR count). The van der Waals surface area contributed by atoms with Crippen molar-refractivity contribution < 1.29 is 23.0 Å². The summed E-state index contributed by atoms with van der Waals surface area (Å²) in [5.74, 6) is -0.292. The number of halogens is 3. The van der Waals surface area contributed by atoms with Gasteiger partial charge in [-0.1, -0.05) is 0 Å². The normalized spacial score (nSPS) is 24.4. The Hall–Kier alpha value is -2.61. The molecule has 142 valence electrons. The van der Waals surface area contributed by atoms with Crippen LogP contribution in [0, 0.1) is 6.92 Å². The fourth-order valence-electron chi connectivity index (χ4n) is 3.65. The van der Waals surface area contributed by atoms with Gasteiger partial charge >= 0.3 is 6.18 Å². The van der Waals surface area contributed by atoms with Crippen LogP contribution in [0.5, 0.6) is 5.75 Å². The molecular weight excluding hydrogens is 359 g/mol. The van der Waals surface area contributed by atoms with Gasteiger partial charge in [0.2, 0.25) is 0 Å². The number of fused-ring (bicyclic) bond motifs is 1. The highest BCUT2D eigenvalue weighted by molar-refractivity contribution is 5.87. The third kappa shape index (κ3) is 3.14. The summed E-state index contributed by atoms with van der Waals surface area (Å²) in [7, 11) is 0. The first-order valence-corrected chi connectivity index (χ1v) is 8.51. The minimum Gasteiger partial charge on any atom is -0.507 e. The van der Waals surface area contributed by atoms with Crippen LogP contribution in [0.15, 0.2) is 29.3 Å². The minimum atomic E-state index is -4.53. The number of nitrogens with zero attached hydrogens (tertiary/aromatic N) is 2. The summed E-state index contributed by atoms with van der Waals surface area (Å²) >= 11 is 0. The molecule has 0 spiro atoms. The van der Waals surface area contributed by atoms with E-state index in [0.717, 1.165) is 18.9 Å². The number of phenolic OH excluding ortho intramolecular Hbond substituents is 1. The van der Waals surface area contributed by atoms with Gasteiger partial charge < -0.3 is 15.6 Å². The lowest BCUT2D eigenvalue weighted by Gasteiger charge is -2.31. The predicted octanol–water partition coefficient (Wildman–Crippen LogP) is 3.71. The first-order valence-electron chi connectivity index (χ1n) is 8.51. The van der Waals surface area contributed by atoms with Crippen molar-refractivity contribution in [2.24, 2.45) is 4.99 Å². The summed E-state index contributed by atoms with van der Waals surface area (Å²) in [4.78, 5) is 8.84. The van der Waals surface area contributed by atoms with Crippen LogP contribution in [0.1, 0.15) is 29.5 Å². The van der Waals surface area contributed by atoms with E-state index in [9.17, 15) is 18.3 Å². The summed E-state index contributed by atoms with van der Waals surface area (Å²) < 4.78 is 44.1. The molecule has 1 saturated carbocycles. The largest absolute Gasteiger partial charge is 0.507 e. The Balaban J connectivity index is 1.64. The van der Waals surface area contributed by atoms with E-state index in [4.69, 9.17) is 10.5 Å². The minimum absolute atomic E-state index is 0.155. The maximum absolute atomic E-state index is 12.9. The standard InChI is InChI=1S/C19H18F3N3O2/c1-10-4-12(19(20,21)22)5-15(26)16(10)14-3-2-11(17(23)25-14)8-24-18-6-13(7-18)27-9-18/h2-5,8,13,26H,6-7,9H2,1H3,(H2,23,25). The van der Waals surface area contributed by atoms with Crippen LogP contribution < -0.4 is 5.73 Å². The van der Waals surface area contributed by atoms with Gasteiger partial charge in [0.25, 0.3) is 0 Å². The molecule has 27 heavy (non-hydrogen) atoms. The summed E-state index contributed by atoms with van der Waals surface area (Å²) in [6.45, 7) is 2.10. The molecule has 1 aromatic carbocycles. The van der Waals surface area contributed by atoms with Gasteiger partial charge in [0, 0.05) is 30.2 Å². The van der Waals surface area contributed by atoms with E-state index in [1.807, 2.05) is 0 Å². The fourth-order valence-corrected chi connectivity index (χ4v) is 3.65. The number of alkyl halides is 3. The summed E-state index contributed by atoms with van der Waals surface area (Å²) in [5, 5.41) is 10.1. The van der Waals surface area contributed by atoms with E-state index in [1.165, 1.54) is 6.92 Å². The number of pyridine rings is 1. The van der Waals surface area contributed by atoms with Crippen LogP contribution in [0.4, 0.5) is 19.0 Å². The van der Waals surface area contributed by atoms with E-state index >= 15 is 0 Å². The highest BCUT2D eigenvalue weighted by Crippen LogP contribution is 2.45. The van der Waals surface area contributed by atoms with Crippen LogP contribution in [0.25, 0.3) is 11.3 Å². The molecule has 3 heterocycles. The number of anilines is 1. The molecule has 1 aromatic heterocycles. The average molecular weight is 377 g/mol. The summed E-state index contributed by atoms with van der Waals surface area (Å²) in [6.07, 6.45) is -0.736. The van der Waals surface area contributed by atoms with E-state index in [-0.39, 0.29) is 22.5 Å². The van der Waals surface area contributed by atoms with Gasteiger partial charge in [-0.2, -0.15) is 13.2 Å². The number of aromatic nitrogens is 1. The zero-order valence-electron chi connectivity index (χ0n) is 14.5. The van der Waals surface area contributed by atoms with E-state index in [2.05, 4.69) is 9.98 Å². The van der Waals surface area contributed by atoms with Gasteiger partial charge in [0.1, 0.15) is 11.6 Å². The number of ether oxygens (including phenoxy) is 1. The third-order valence-corrected chi connectivity index (χ3v) is 5.14. The fraction of sp³-hybridized carbons (Fsp3) is 0.368. The van der Waals surface area contributed by atoms with E-state index in [1.54, 1.807) is 18.3 Å². The Bertz CT molecular complexity index is 906. The lowest BCUT2D eigenvalue weighted by molar-refractivity contribution is -0.137. The zero-order chi connectivity index (χ0) is 19.4. The molecule has 8 heteroatoms. The Labute approximate surface area is 153 Å². The number of hydrogen-bond acceptors (Lipinski definition) is 5. The molecule has 3 fully saturated rings. The number of nitrogens with two attached hydrogens (primary N) is 1. The monoisotopic (exact) mass is 377 g/mol. The molecule has 0 amide bonds. The van der Waals surface area contributed by atoms with Crippen molar-refractivity contribution in [2.75, 3.05) is 12.3 Å². The molecule has 0 radical (unpaired) electrons. The number of aliphatic imine (C=N–C) groups is 1. The summed E-state index contributed by atoms with van der Waals surface area (Å²) in [6, 6.07) is 4.98. The first kappa shape index (κ1) is 17.8. The van der Waals surface area contributed by atoms with Crippen LogP contribution in [0.2, 0.25) is 0 Å². The Kier molecular flexibility index (Phi) is 3.92. The Morgan fingerprint density at radius 2 is 2.07 bits per heavy atom.